The number of benzene rings is 2. The Balaban J connectivity index is 2.07. The van der Waals surface area contributed by atoms with Crippen molar-refractivity contribution < 1.29 is 24.1 Å². The van der Waals surface area contributed by atoms with Crippen molar-refractivity contribution in [1.29, 1.82) is 0 Å². The third-order valence-corrected chi connectivity index (χ3v) is 4.48. The molecule has 0 saturated carbocycles. The molecule has 0 aliphatic carbocycles. The fourth-order valence-electron chi connectivity index (χ4n) is 3.09. The molecule has 0 spiro atoms. The second kappa shape index (κ2) is 10.4. The van der Waals surface area contributed by atoms with E-state index in [1.165, 1.54) is 21.3 Å². The summed E-state index contributed by atoms with van der Waals surface area (Å²) in [5.41, 5.74) is 1.54. The first-order valence-electron chi connectivity index (χ1n) is 8.89. The molecule has 2 aromatic carbocycles. The fraction of sp³-hybridized carbons (Fsp3) is 0.381. The highest BCUT2D eigenvalue weighted by Gasteiger charge is 2.20. The summed E-state index contributed by atoms with van der Waals surface area (Å²) in [7, 11) is 4.52. The Labute approximate surface area is 160 Å². The van der Waals surface area contributed by atoms with Gasteiger partial charge in [0.15, 0.2) is 11.5 Å². The summed E-state index contributed by atoms with van der Waals surface area (Å²) in [5, 5.41) is 12.3. The van der Waals surface area contributed by atoms with Crippen molar-refractivity contribution >= 4 is 5.91 Å². The molecule has 146 valence electrons. The first-order valence-corrected chi connectivity index (χ1v) is 8.89. The number of aliphatic hydroxyl groups is 1. The van der Waals surface area contributed by atoms with E-state index in [9.17, 15) is 9.90 Å². The first-order chi connectivity index (χ1) is 13.2. The number of nitrogens with one attached hydrogen (secondary N) is 1. The maximum absolute atomic E-state index is 12.6. The average Bonchev–Trinajstić information content (AvgIpc) is 2.72. The Morgan fingerprint density at radius 1 is 0.963 bits per heavy atom. The number of aliphatic hydroxyl groups excluding tert-OH is 1. The van der Waals surface area contributed by atoms with E-state index < -0.39 is 0 Å². The van der Waals surface area contributed by atoms with Crippen LogP contribution in [0.4, 0.5) is 0 Å². The summed E-state index contributed by atoms with van der Waals surface area (Å²) >= 11 is 0. The molecule has 0 aliphatic rings. The summed E-state index contributed by atoms with van der Waals surface area (Å²) in [6.07, 6.45) is 1.38. The van der Waals surface area contributed by atoms with Crippen LogP contribution >= 0.6 is 0 Å². The fourth-order valence-corrected chi connectivity index (χ4v) is 3.09. The van der Waals surface area contributed by atoms with Gasteiger partial charge in [0, 0.05) is 13.2 Å². The molecule has 0 fully saturated rings. The Hall–Kier alpha value is -2.73. The molecular weight excluding hydrogens is 346 g/mol. The van der Waals surface area contributed by atoms with Crippen LogP contribution in [0.5, 0.6) is 17.2 Å². The van der Waals surface area contributed by atoms with E-state index in [0.717, 1.165) is 12.0 Å². The van der Waals surface area contributed by atoms with E-state index in [-0.39, 0.29) is 18.4 Å². The summed E-state index contributed by atoms with van der Waals surface area (Å²) < 4.78 is 15.9. The molecule has 0 heterocycles. The van der Waals surface area contributed by atoms with E-state index in [1.807, 2.05) is 30.3 Å². The molecule has 0 saturated heterocycles. The first kappa shape index (κ1) is 20.6. The van der Waals surface area contributed by atoms with E-state index in [4.69, 9.17) is 14.2 Å². The molecule has 1 amide bonds. The van der Waals surface area contributed by atoms with Gasteiger partial charge in [-0.05, 0) is 36.5 Å². The maximum atomic E-state index is 12.6. The lowest BCUT2D eigenvalue weighted by Crippen LogP contribution is -2.26. The maximum Gasteiger partial charge on any atom is 0.255 e. The second-order valence-electron chi connectivity index (χ2n) is 6.05. The SMILES string of the molecule is COc1ccc(C(=O)NCCC(CCO)c2ccccc2)c(OC)c1OC. The molecule has 2 N–H and O–H groups in total. The molecule has 0 bridgehead atoms. The number of carbonyl (C=O) groups is 1. The van der Waals surface area contributed by atoms with Gasteiger partial charge < -0.3 is 24.6 Å². The van der Waals surface area contributed by atoms with Crippen LogP contribution in [0.15, 0.2) is 42.5 Å². The third-order valence-electron chi connectivity index (χ3n) is 4.48. The van der Waals surface area contributed by atoms with Crippen LogP contribution in [0.3, 0.4) is 0 Å². The number of amides is 1. The number of carbonyl (C=O) groups excluding carboxylic acids is 1. The van der Waals surface area contributed by atoms with Gasteiger partial charge in [0.1, 0.15) is 0 Å². The summed E-state index contributed by atoms with van der Waals surface area (Å²) in [6, 6.07) is 13.3. The van der Waals surface area contributed by atoms with Gasteiger partial charge >= 0.3 is 0 Å². The molecule has 0 radical (unpaired) electrons. The minimum Gasteiger partial charge on any atom is -0.493 e. The van der Waals surface area contributed by atoms with E-state index in [1.54, 1.807) is 12.1 Å². The standard InChI is InChI=1S/C21H27NO5/c1-25-18-10-9-17(19(26-2)20(18)27-3)21(24)22-13-11-16(12-14-23)15-7-5-4-6-8-15/h4-10,16,23H,11-14H2,1-3H3,(H,22,24). The number of rotatable bonds is 10. The molecule has 1 unspecified atom stereocenters. The van der Waals surface area contributed by atoms with Gasteiger partial charge in [0.05, 0.1) is 26.9 Å². The Morgan fingerprint density at radius 2 is 1.67 bits per heavy atom. The summed E-state index contributed by atoms with van der Waals surface area (Å²) in [6.45, 7) is 0.590. The monoisotopic (exact) mass is 373 g/mol. The Morgan fingerprint density at radius 3 is 2.26 bits per heavy atom. The van der Waals surface area contributed by atoms with Crippen molar-refractivity contribution in [3.8, 4) is 17.2 Å². The van der Waals surface area contributed by atoms with Crippen molar-refractivity contribution in [3.05, 3.63) is 53.6 Å². The molecule has 1 atom stereocenters. The molecule has 2 rings (SSSR count). The highest BCUT2D eigenvalue weighted by Crippen LogP contribution is 2.39. The molecule has 0 aromatic heterocycles. The normalized spacial score (nSPS) is 11.6. The Bertz CT molecular complexity index is 733. The number of hydrogen-bond donors (Lipinski definition) is 2. The predicted molar refractivity (Wildman–Crippen MR) is 104 cm³/mol. The zero-order valence-corrected chi connectivity index (χ0v) is 16.0. The predicted octanol–water partition coefficient (Wildman–Crippen LogP) is 3.00. The van der Waals surface area contributed by atoms with Gasteiger partial charge in [0.2, 0.25) is 5.75 Å². The average molecular weight is 373 g/mol. The lowest BCUT2D eigenvalue weighted by Gasteiger charge is -2.18. The molecule has 27 heavy (non-hydrogen) atoms. The van der Waals surface area contributed by atoms with Crippen molar-refractivity contribution in [2.45, 2.75) is 18.8 Å². The van der Waals surface area contributed by atoms with Gasteiger partial charge in [-0.3, -0.25) is 4.79 Å². The van der Waals surface area contributed by atoms with Crippen LogP contribution in [-0.4, -0.2) is 45.5 Å². The van der Waals surface area contributed by atoms with Gasteiger partial charge in [-0.2, -0.15) is 0 Å². The van der Waals surface area contributed by atoms with Crippen molar-refractivity contribution in [2.24, 2.45) is 0 Å². The number of ether oxygens (including phenoxy) is 3. The molecule has 6 heteroatoms. The van der Waals surface area contributed by atoms with Crippen LogP contribution in [0, 0.1) is 0 Å². The highest BCUT2D eigenvalue weighted by atomic mass is 16.5. The third kappa shape index (κ3) is 5.14. The lowest BCUT2D eigenvalue weighted by atomic mass is 9.93. The van der Waals surface area contributed by atoms with Crippen molar-refractivity contribution in [3.63, 3.8) is 0 Å². The minimum atomic E-state index is -0.247. The highest BCUT2D eigenvalue weighted by molar-refractivity contribution is 5.98. The zero-order valence-electron chi connectivity index (χ0n) is 16.0. The van der Waals surface area contributed by atoms with Crippen LogP contribution in [0.1, 0.15) is 34.7 Å². The Kier molecular flexibility index (Phi) is 7.95. The largest absolute Gasteiger partial charge is 0.493 e. The minimum absolute atomic E-state index is 0.108. The molecular formula is C21H27NO5. The molecule has 0 aliphatic heterocycles. The summed E-state index contributed by atoms with van der Waals surface area (Å²) in [4.78, 5) is 12.6. The van der Waals surface area contributed by atoms with Crippen molar-refractivity contribution in [1.82, 2.24) is 5.32 Å². The lowest BCUT2D eigenvalue weighted by molar-refractivity contribution is 0.0948. The van der Waals surface area contributed by atoms with Crippen LogP contribution in [0.25, 0.3) is 0 Å². The zero-order chi connectivity index (χ0) is 19.6. The number of hydrogen-bond acceptors (Lipinski definition) is 5. The van der Waals surface area contributed by atoms with Crippen LogP contribution in [-0.2, 0) is 0 Å². The van der Waals surface area contributed by atoms with Gasteiger partial charge in [-0.15, -0.1) is 0 Å². The van der Waals surface area contributed by atoms with Crippen molar-refractivity contribution in [2.75, 3.05) is 34.5 Å². The smallest absolute Gasteiger partial charge is 0.255 e. The summed E-state index contributed by atoms with van der Waals surface area (Å²) in [5.74, 6) is 1.16. The quantitative estimate of drug-likeness (QED) is 0.669. The van der Waals surface area contributed by atoms with E-state index >= 15 is 0 Å². The van der Waals surface area contributed by atoms with Crippen LogP contribution < -0.4 is 19.5 Å². The molecule has 6 nitrogen and oxygen atoms in total. The second-order valence-corrected chi connectivity index (χ2v) is 6.05. The van der Waals surface area contributed by atoms with Crippen LogP contribution in [0.2, 0.25) is 0 Å². The number of methoxy groups -OCH3 is 3. The van der Waals surface area contributed by atoms with Gasteiger partial charge in [-0.1, -0.05) is 30.3 Å². The van der Waals surface area contributed by atoms with Gasteiger partial charge in [-0.25, -0.2) is 0 Å². The molecule has 2 aromatic rings. The van der Waals surface area contributed by atoms with E-state index in [0.29, 0.717) is 35.8 Å². The topological polar surface area (TPSA) is 77.0 Å². The van der Waals surface area contributed by atoms with E-state index in [2.05, 4.69) is 5.32 Å². The van der Waals surface area contributed by atoms with Gasteiger partial charge in [0.25, 0.3) is 5.91 Å².